The van der Waals surface area contributed by atoms with Crippen LogP contribution in [0.25, 0.3) is 0 Å². The monoisotopic (exact) mass is 319 g/mol. The van der Waals surface area contributed by atoms with Crippen molar-refractivity contribution in [3.05, 3.63) is 11.1 Å². The van der Waals surface area contributed by atoms with E-state index in [0.29, 0.717) is 35.9 Å². The van der Waals surface area contributed by atoms with Gasteiger partial charge in [0.2, 0.25) is 0 Å². The van der Waals surface area contributed by atoms with Crippen molar-refractivity contribution in [1.29, 1.82) is 0 Å². The minimum Gasteiger partial charge on any atom is -0.365 e. The van der Waals surface area contributed by atoms with Crippen molar-refractivity contribution in [2.24, 2.45) is 5.14 Å². The number of piperidine rings is 1. The first-order valence-electron chi connectivity index (χ1n) is 6.12. The molecule has 0 spiro atoms. The van der Waals surface area contributed by atoms with Gasteiger partial charge in [-0.15, -0.1) is 0 Å². The van der Waals surface area contributed by atoms with Crippen molar-refractivity contribution in [3.8, 4) is 0 Å². The summed E-state index contributed by atoms with van der Waals surface area (Å²) in [6, 6.07) is -0.0411. The molecule has 1 aliphatic rings. The first kappa shape index (κ1) is 15.2. The quantitative estimate of drug-likeness (QED) is 0.697. The van der Waals surface area contributed by atoms with Gasteiger partial charge >= 0.3 is 0 Å². The Kier molecular flexibility index (Phi) is 4.58. The lowest BCUT2D eigenvalue weighted by Crippen LogP contribution is -2.48. The Hall–Kier alpha value is -1.23. The van der Waals surface area contributed by atoms with Crippen LogP contribution in [0.3, 0.4) is 0 Å². The Labute approximate surface area is 121 Å². The molecule has 0 aliphatic carbocycles. The third-order valence-electron chi connectivity index (χ3n) is 3.09. The van der Waals surface area contributed by atoms with E-state index in [4.69, 9.17) is 5.14 Å². The Morgan fingerprint density at radius 3 is 2.65 bits per heavy atom. The minimum absolute atomic E-state index is 0.0411. The third kappa shape index (κ3) is 3.66. The average Bonchev–Trinajstić information content (AvgIpc) is 2.87. The number of amides is 1. The average molecular weight is 319 g/mol. The highest BCUT2D eigenvalue weighted by Gasteiger charge is 2.26. The van der Waals surface area contributed by atoms with E-state index in [2.05, 4.69) is 15.6 Å². The normalized spacial score (nSPS) is 17.9. The van der Waals surface area contributed by atoms with Gasteiger partial charge in [0, 0.05) is 26.2 Å². The molecule has 1 aromatic rings. The summed E-state index contributed by atoms with van der Waals surface area (Å²) in [6.07, 6.45) is 2.63. The van der Waals surface area contributed by atoms with E-state index in [-0.39, 0.29) is 11.9 Å². The lowest BCUT2D eigenvalue weighted by atomic mass is 10.1. The summed E-state index contributed by atoms with van der Waals surface area (Å²) in [5, 5.41) is 11.5. The maximum absolute atomic E-state index is 12.0. The molecule has 112 valence electrons. The predicted octanol–water partition coefficient (Wildman–Crippen LogP) is -0.417. The molecule has 0 saturated carbocycles. The van der Waals surface area contributed by atoms with Gasteiger partial charge in [0.25, 0.3) is 16.1 Å². The van der Waals surface area contributed by atoms with Crippen LogP contribution in [0.4, 0.5) is 5.13 Å². The number of nitrogens with one attached hydrogen (secondary N) is 2. The Morgan fingerprint density at radius 1 is 1.50 bits per heavy atom. The topological polar surface area (TPSA) is 117 Å². The van der Waals surface area contributed by atoms with Crippen LogP contribution >= 0.6 is 11.3 Å². The number of hydrogen-bond donors (Lipinski definition) is 3. The van der Waals surface area contributed by atoms with E-state index >= 15 is 0 Å². The molecule has 20 heavy (non-hydrogen) atoms. The SMILES string of the molecule is CNc1ncc(C(=O)NC2CCN(S(N)(=O)=O)CC2)s1. The lowest BCUT2D eigenvalue weighted by molar-refractivity contribution is 0.0928. The smallest absolute Gasteiger partial charge is 0.276 e. The highest BCUT2D eigenvalue weighted by molar-refractivity contribution is 7.86. The maximum atomic E-state index is 12.0. The maximum Gasteiger partial charge on any atom is 0.276 e. The summed E-state index contributed by atoms with van der Waals surface area (Å²) in [6.45, 7) is 0.655. The summed E-state index contributed by atoms with van der Waals surface area (Å²) < 4.78 is 23.6. The van der Waals surface area contributed by atoms with Gasteiger partial charge in [0.05, 0.1) is 6.20 Å². The molecule has 0 unspecified atom stereocenters. The van der Waals surface area contributed by atoms with E-state index in [1.807, 2.05) is 0 Å². The van der Waals surface area contributed by atoms with Gasteiger partial charge in [-0.1, -0.05) is 11.3 Å². The fraction of sp³-hybridized carbons (Fsp3) is 0.600. The largest absolute Gasteiger partial charge is 0.365 e. The van der Waals surface area contributed by atoms with Crippen LogP contribution < -0.4 is 15.8 Å². The molecule has 8 nitrogen and oxygen atoms in total. The minimum atomic E-state index is -3.63. The Bertz CT molecular complexity index is 577. The Balaban J connectivity index is 1.88. The van der Waals surface area contributed by atoms with Crippen molar-refractivity contribution >= 4 is 32.6 Å². The number of carbonyl (C=O) groups excluding carboxylic acids is 1. The van der Waals surface area contributed by atoms with Crippen molar-refractivity contribution in [3.63, 3.8) is 0 Å². The zero-order valence-electron chi connectivity index (χ0n) is 11.0. The van der Waals surface area contributed by atoms with E-state index < -0.39 is 10.2 Å². The van der Waals surface area contributed by atoms with Crippen LogP contribution in [-0.4, -0.2) is 49.8 Å². The molecule has 0 atom stereocenters. The molecule has 1 aromatic heterocycles. The van der Waals surface area contributed by atoms with E-state index in [1.54, 1.807) is 7.05 Å². The van der Waals surface area contributed by atoms with Gasteiger partial charge in [-0.25, -0.2) is 10.1 Å². The zero-order chi connectivity index (χ0) is 14.8. The third-order valence-corrected chi connectivity index (χ3v) is 5.19. The molecule has 0 radical (unpaired) electrons. The van der Waals surface area contributed by atoms with Crippen LogP contribution in [0.1, 0.15) is 22.5 Å². The summed E-state index contributed by atoms with van der Waals surface area (Å²) in [5.41, 5.74) is 0. The second-order valence-corrected chi connectivity index (χ2v) is 7.05. The summed E-state index contributed by atoms with van der Waals surface area (Å²) in [7, 11) is -1.89. The molecular formula is C10H17N5O3S2. The molecule has 2 heterocycles. The van der Waals surface area contributed by atoms with Crippen LogP contribution in [0.5, 0.6) is 0 Å². The van der Waals surface area contributed by atoms with Crippen LogP contribution in [0.15, 0.2) is 6.20 Å². The van der Waals surface area contributed by atoms with Crippen LogP contribution in [-0.2, 0) is 10.2 Å². The van der Waals surface area contributed by atoms with E-state index in [1.165, 1.54) is 21.8 Å². The Morgan fingerprint density at radius 2 is 2.15 bits per heavy atom. The molecule has 1 saturated heterocycles. The lowest BCUT2D eigenvalue weighted by Gasteiger charge is -2.30. The predicted molar refractivity (Wildman–Crippen MR) is 76.8 cm³/mol. The number of nitrogens with zero attached hydrogens (tertiary/aromatic N) is 2. The number of anilines is 1. The first-order chi connectivity index (χ1) is 9.40. The van der Waals surface area contributed by atoms with E-state index in [0.717, 1.165) is 0 Å². The first-order valence-corrected chi connectivity index (χ1v) is 8.44. The van der Waals surface area contributed by atoms with Crippen LogP contribution in [0.2, 0.25) is 0 Å². The van der Waals surface area contributed by atoms with Gasteiger partial charge in [-0.05, 0) is 12.8 Å². The highest BCUT2D eigenvalue weighted by atomic mass is 32.2. The molecule has 1 fully saturated rings. The summed E-state index contributed by atoms with van der Waals surface area (Å²) in [4.78, 5) is 16.6. The van der Waals surface area contributed by atoms with Gasteiger partial charge in [-0.3, -0.25) is 4.79 Å². The van der Waals surface area contributed by atoms with Gasteiger partial charge < -0.3 is 10.6 Å². The molecule has 2 rings (SSSR count). The number of nitrogens with two attached hydrogens (primary N) is 1. The summed E-state index contributed by atoms with van der Waals surface area (Å²) in [5.74, 6) is -0.182. The molecular weight excluding hydrogens is 302 g/mol. The molecule has 0 bridgehead atoms. The molecule has 0 aromatic carbocycles. The second-order valence-electron chi connectivity index (χ2n) is 4.47. The van der Waals surface area contributed by atoms with Crippen molar-refractivity contribution in [2.75, 3.05) is 25.5 Å². The van der Waals surface area contributed by atoms with Crippen molar-refractivity contribution in [1.82, 2.24) is 14.6 Å². The standard InChI is InChI=1S/C10H17N5O3S2/c1-12-10-13-6-8(19-10)9(16)14-7-2-4-15(5-3-7)20(11,17)18/h6-7H,2-5H2,1H3,(H,12,13)(H,14,16)(H2,11,17,18). The molecule has 1 aliphatic heterocycles. The zero-order valence-corrected chi connectivity index (χ0v) is 12.6. The van der Waals surface area contributed by atoms with Gasteiger partial charge in [0.15, 0.2) is 5.13 Å². The second kappa shape index (κ2) is 6.04. The fourth-order valence-corrected chi connectivity index (χ4v) is 3.40. The van der Waals surface area contributed by atoms with Gasteiger partial charge in [-0.2, -0.15) is 12.7 Å². The molecule has 10 heteroatoms. The molecule has 1 amide bonds. The number of carbonyl (C=O) groups is 1. The van der Waals surface area contributed by atoms with Crippen molar-refractivity contribution < 1.29 is 13.2 Å². The number of aromatic nitrogens is 1. The summed E-state index contributed by atoms with van der Waals surface area (Å²) >= 11 is 1.27. The number of hydrogen-bond acceptors (Lipinski definition) is 6. The van der Waals surface area contributed by atoms with Gasteiger partial charge in [0.1, 0.15) is 4.88 Å². The number of rotatable bonds is 4. The highest BCUT2D eigenvalue weighted by Crippen LogP contribution is 2.18. The number of thiazole rings is 1. The fourth-order valence-electron chi connectivity index (χ4n) is 2.01. The molecule has 4 N–H and O–H groups in total. The van der Waals surface area contributed by atoms with Crippen molar-refractivity contribution in [2.45, 2.75) is 18.9 Å². The van der Waals surface area contributed by atoms with E-state index in [9.17, 15) is 13.2 Å². The van der Waals surface area contributed by atoms with Crippen LogP contribution in [0, 0.1) is 0 Å².